The fourth-order valence-corrected chi connectivity index (χ4v) is 5.02. The highest BCUT2D eigenvalue weighted by Gasteiger charge is 2.23. The van der Waals surface area contributed by atoms with E-state index in [1.165, 1.54) is 24.3 Å². The minimum Gasteiger partial charge on any atom is -0.379 e. The molecule has 1 aliphatic heterocycles. The molecule has 1 heterocycles. The number of benzene rings is 3. The number of carbonyl (C=O) groups is 2. The summed E-state index contributed by atoms with van der Waals surface area (Å²) in [6.07, 6.45) is 1.33. The largest absolute Gasteiger partial charge is 0.379 e. The molecule has 40 heavy (non-hydrogen) atoms. The fourth-order valence-electron chi connectivity index (χ4n) is 4.25. The van der Waals surface area contributed by atoms with E-state index < -0.39 is 17.8 Å². The van der Waals surface area contributed by atoms with Gasteiger partial charge in [-0.05, 0) is 86.3 Å². The van der Waals surface area contributed by atoms with Crippen LogP contribution in [0, 0.1) is 5.82 Å². The van der Waals surface area contributed by atoms with Crippen molar-refractivity contribution in [3.05, 3.63) is 95.8 Å². The summed E-state index contributed by atoms with van der Waals surface area (Å²) in [5, 5.41) is 5.73. The third-order valence-corrected chi connectivity index (χ3v) is 7.90. The fraction of sp³-hybridized carbons (Fsp3) is 0.355. The first-order valence-electron chi connectivity index (χ1n) is 13.5. The second kappa shape index (κ2) is 14.4. The van der Waals surface area contributed by atoms with Gasteiger partial charge in [-0.3, -0.25) is 19.2 Å². The highest BCUT2D eigenvalue weighted by atomic mass is 32.2. The summed E-state index contributed by atoms with van der Waals surface area (Å²) < 4.78 is 22.3. The van der Waals surface area contributed by atoms with E-state index in [-0.39, 0.29) is 17.0 Å². The Balaban J connectivity index is 1.33. The van der Waals surface area contributed by atoms with Gasteiger partial charge in [-0.25, -0.2) is 4.39 Å². The number of nitrogens with zero attached hydrogens (tertiary/aromatic N) is 1. The Morgan fingerprint density at radius 3 is 2.33 bits per heavy atom. The minimum atomic E-state index is -0.817. The van der Waals surface area contributed by atoms with Crippen molar-refractivity contribution in [1.29, 1.82) is 0 Å². The van der Waals surface area contributed by atoms with Gasteiger partial charge in [-0.2, -0.15) is 0 Å². The van der Waals surface area contributed by atoms with E-state index in [1.807, 2.05) is 54.6 Å². The molecule has 0 aromatic heterocycles. The molecule has 0 aliphatic carbocycles. The summed E-state index contributed by atoms with van der Waals surface area (Å²) in [5.41, 5.74) is 1.78. The number of carbonyl (C=O) groups excluding carboxylic acids is 2. The molecule has 0 bridgehead atoms. The monoisotopic (exact) mass is 564 g/mol. The molecule has 1 fully saturated rings. The molecule has 2 amide bonds. The van der Waals surface area contributed by atoms with Gasteiger partial charge in [-0.1, -0.05) is 30.3 Å². The maximum atomic E-state index is 13.3. The molecule has 3 N–H and O–H groups in total. The predicted molar refractivity (Wildman–Crippen MR) is 158 cm³/mol. The van der Waals surface area contributed by atoms with Crippen molar-refractivity contribution in [1.82, 2.24) is 14.9 Å². The van der Waals surface area contributed by atoms with E-state index in [1.54, 1.807) is 11.9 Å². The molecule has 1 atom stereocenters. The zero-order chi connectivity index (χ0) is 28.4. The van der Waals surface area contributed by atoms with Crippen LogP contribution in [0.25, 0.3) is 0 Å². The lowest BCUT2D eigenvalue weighted by molar-refractivity contribution is -0.118. The van der Waals surface area contributed by atoms with Crippen LogP contribution in [-0.2, 0) is 16.0 Å². The summed E-state index contributed by atoms with van der Waals surface area (Å²) in [5.74, 6) is -1.20. The quantitative estimate of drug-likeness (QED) is 0.272. The third-order valence-electron chi connectivity index (χ3n) is 6.73. The number of hydrogen-bond acceptors (Lipinski definition) is 6. The van der Waals surface area contributed by atoms with Crippen molar-refractivity contribution in [2.24, 2.45) is 0 Å². The maximum absolute atomic E-state index is 13.3. The van der Waals surface area contributed by atoms with Gasteiger partial charge >= 0.3 is 0 Å². The Morgan fingerprint density at radius 2 is 1.65 bits per heavy atom. The van der Waals surface area contributed by atoms with Gasteiger partial charge in [-0.15, -0.1) is 0 Å². The molecule has 0 spiro atoms. The molecular weight excluding hydrogens is 527 g/mol. The molecule has 3 aromatic rings. The summed E-state index contributed by atoms with van der Waals surface area (Å²) in [4.78, 5) is 29.5. The van der Waals surface area contributed by atoms with Crippen molar-refractivity contribution in [3.8, 4) is 0 Å². The van der Waals surface area contributed by atoms with E-state index in [0.29, 0.717) is 12.1 Å². The van der Waals surface area contributed by atoms with Crippen LogP contribution in [0.4, 0.5) is 10.1 Å². The first-order chi connectivity index (χ1) is 19.3. The number of nitrogens with one attached hydrogen (secondary N) is 3. The highest BCUT2D eigenvalue weighted by molar-refractivity contribution is 7.97. The van der Waals surface area contributed by atoms with Gasteiger partial charge in [0, 0.05) is 47.7 Å². The Labute approximate surface area is 240 Å². The van der Waals surface area contributed by atoms with Gasteiger partial charge < -0.3 is 15.4 Å². The molecule has 1 unspecified atom stereocenters. The van der Waals surface area contributed by atoms with Gasteiger partial charge in [0.05, 0.1) is 13.2 Å². The molecule has 1 aliphatic rings. The first-order valence-corrected chi connectivity index (χ1v) is 14.3. The Morgan fingerprint density at radius 1 is 0.975 bits per heavy atom. The average Bonchev–Trinajstić information content (AvgIpc) is 2.97. The molecular formula is C31H37FN4O3S. The number of anilines is 1. The second-order valence-corrected chi connectivity index (χ2v) is 11.4. The second-order valence-electron chi connectivity index (χ2n) is 10.5. The van der Waals surface area contributed by atoms with E-state index >= 15 is 0 Å². The van der Waals surface area contributed by atoms with Crippen molar-refractivity contribution in [2.75, 3.05) is 38.2 Å². The van der Waals surface area contributed by atoms with E-state index in [9.17, 15) is 14.0 Å². The van der Waals surface area contributed by atoms with Gasteiger partial charge in [0.25, 0.3) is 5.91 Å². The number of rotatable bonds is 12. The molecule has 9 heteroatoms. The van der Waals surface area contributed by atoms with Crippen LogP contribution in [0.5, 0.6) is 0 Å². The van der Waals surface area contributed by atoms with Crippen molar-refractivity contribution < 1.29 is 18.7 Å². The number of ether oxygens (including phenoxy) is 1. The molecule has 0 saturated carbocycles. The zero-order valence-corrected chi connectivity index (χ0v) is 23.8. The molecule has 0 radical (unpaired) electrons. The van der Waals surface area contributed by atoms with Gasteiger partial charge in [0.2, 0.25) is 5.91 Å². The number of amides is 2. The van der Waals surface area contributed by atoms with Crippen LogP contribution in [0.15, 0.2) is 83.8 Å². The predicted octanol–water partition coefficient (Wildman–Crippen LogP) is 4.90. The first kappa shape index (κ1) is 29.7. The van der Waals surface area contributed by atoms with E-state index in [2.05, 4.69) is 34.1 Å². The standard InChI is InChI=1S/C31H37FN4O3S/c1-31(2,16-17-36-18-20-39-21-19-36)35-40-27-14-12-26(13-15-27)33-30(38)28(22-23-6-4-3-5-7-23)34-29(37)24-8-10-25(32)11-9-24/h3-15,28,35H,16-22H2,1-2H3,(H,33,38)(H,34,37). The van der Waals surface area contributed by atoms with Gasteiger partial charge in [0.1, 0.15) is 11.9 Å². The molecule has 1 saturated heterocycles. The number of hydrogen-bond donors (Lipinski definition) is 3. The van der Waals surface area contributed by atoms with Crippen molar-refractivity contribution in [2.45, 2.75) is 43.2 Å². The Hall–Kier alpha value is -3.24. The molecule has 7 nitrogen and oxygen atoms in total. The number of morpholine rings is 1. The lowest BCUT2D eigenvalue weighted by Crippen LogP contribution is -2.45. The summed E-state index contributed by atoms with van der Waals surface area (Å²) in [6.45, 7) is 9.00. The smallest absolute Gasteiger partial charge is 0.251 e. The molecule has 3 aromatic carbocycles. The molecule has 212 valence electrons. The zero-order valence-electron chi connectivity index (χ0n) is 23.0. The van der Waals surface area contributed by atoms with Crippen molar-refractivity contribution >= 4 is 29.4 Å². The maximum Gasteiger partial charge on any atom is 0.251 e. The highest BCUT2D eigenvalue weighted by Crippen LogP contribution is 2.23. The van der Waals surface area contributed by atoms with Crippen LogP contribution in [0.2, 0.25) is 0 Å². The minimum absolute atomic E-state index is 0.0523. The van der Waals surface area contributed by atoms with E-state index in [4.69, 9.17) is 4.74 Å². The normalized spacial score (nSPS) is 14.9. The van der Waals surface area contributed by atoms with Crippen molar-refractivity contribution in [3.63, 3.8) is 0 Å². The van der Waals surface area contributed by atoms with E-state index in [0.717, 1.165) is 49.7 Å². The van der Waals surface area contributed by atoms with Crippen LogP contribution in [-0.4, -0.2) is 61.1 Å². The summed E-state index contributed by atoms with van der Waals surface area (Å²) in [6, 6.07) is 21.5. The third kappa shape index (κ3) is 9.45. The SMILES string of the molecule is CC(C)(CCN1CCOCC1)NSc1ccc(NC(=O)C(Cc2ccccc2)NC(=O)c2ccc(F)cc2)cc1. The Kier molecular flexibility index (Phi) is 10.7. The lowest BCUT2D eigenvalue weighted by atomic mass is 10.0. The average molecular weight is 565 g/mol. The van der Waals surface area contributed by atoms with Crippen LogP contribution < -0.4 is 15.4 Å². The lowest BCUT2D eigenvalue weighted by Gasteiger charge is -2.31. The van der Waals surface area contributed by atoms with Crippen LogP contribution in [0.3, 0.4) is 0 Å². The molecule has 4 rings (SSSR count). The number of halogens is 1. The Bertz CT molecular complexity index is 1230. The topological polar surface area (TPSA) is 82.7 Å². The summed E-state index contributed by atoms with van der Waals surface area (Å²) in [7, 11) is 0. The van der Waals surface area contributed by atoms with Crippen LogP contribution in [0.1, 0.15) is 36.2 Å². The summed E-state index contributed by atoms with van der Waals surface area (Å²) >= 11 is 1.57. The van der Waals surface area contributed by atoms with Crippen LogP contribution >= 0.6 is 11.9 Å². The van der Waals surface area contributed by atoms with Gasteiger partial charge in [0.15, 0.2) is 0 Å².